The molecule has 6 heteroatoms. The minimum absolute atomic E-state index is 0.228. The summed E-state index contributed by atoms with van der Waals surface area (Å²) in [6.45, 7) is 1.73. The molecule has 0 spiro atoms. The van der Waals surface area contributed by atoms with Crippen molar-refractivity contribution in [3.05, 3.63) is 28.2 Å². The topological polar surface area (TPSA) is 88.4 Å². The van der Waals surface area contributed by atoms with Gasteiger partial charge in [0.05, 0.1) is 11.8 Å². The van der Waals surface area contributed by atoms with E-state index in [0.29, 0.717) is 18.4 Å². The van der Waals surface area contributed by atoms with Crippen LogP contribution in [0.1, 0.15) is 18.4 Å². The minimum Gasteiger partial charge on any atom is -0.481 e. The maximum atomic E-state index is 12.0. The first-order chi connectivity index (χ1) is 8.91. The van der Waals surface area contributed by atoms with Crippen molar-refractivity contribution in [1.29, 1.82) is 0 Å². The molecule has 1 saturated carbocycles. The zero-order valence-electron chi connectivity index (χ0n) is 10.8. The van der Waals surface area contributed by atoms with Gasteiger partial charge in [-0.15, -0.1) is 0 Å². The lowest BCUT2D eigenvalue weighted by molar-refractivity contribution is -0.151. The van der Waals surface area contributed by atoms with Crippen molar-refractivity contribution in [1.82, 2.24) is 4.57 Å². The average Bonchev–Trinajstić information content (AvgIpc) is 2.27. The third-order valence-corrected chi connectivity index (χ3v) is 3.65. The highest BCUT2D eigenvalue weighted by Crippen LogP contribution is 2.35. The highest BCUT2D eigenvalue weighted by molar-refractivity contribution is 5.96. The molecular formula is C13H16N2O4. The van der Waals surface area contributed by atoms with E-state index in [1.165, 1.54) is 4.57 Å². The molecule has 1 heterocycles. The van der Waals surface area contributed by atoms with Crippen LogP contribution in [0.2, 0.25) is 0 Å². The van der Waals surface area contributed by atoms with Crippen molar-refractivity contribution in [2.24, 2.45) is 18.9 Å². The van der Waals surface area contributed by atoms with Gasteiger partial charge < -0.3 is 15.0 Å². The largest absolute Gasteiger partial charge is 0.481 e. The molecule has 0 radical (unpaired) electrons. The van der Waals surface area contributed by atoms with Gasteiger partial charge in [-0.3, -0.25) is 14.4 Å². The van der Waals surface area contributed by atoms with E-state index in [-0.39, 0.29) is 17.2 Å². The molecule has 0 aromatic carbocycles. The number of aromatic nitrogens is 1. The second kappa shape index (κ2) is 4.87. The highest BCUT2D eigenvalue weighted by atomic mass is 16.4. The van der Waals surface area contributed by atoms with Gasteiger partial charge in [-0.05, 0) is 31.4 Å². The van der Waals surface area contributed by atoms with Gasteiger partial charge in [0.2, 0.25) is 5.91 Å². The quantitative estimate of drug-likeness (QED) is 0.843. The zero-order chi connectivity index (χ0) is 14.2. The van der Waals surface area contributed by atoms with Crippen molar-refractivity contribution in [2.45, 2.75) is 19.8 Å². The van der Waals surface area contributed by atoms with E-state index >= 15 is 0 Å². The van der Waals surface area contributed by atoms with Gasteiger partial charge in [-0.1, -0.05) is 0 Å². The Morgan fingerprint density at radius 1 is 1.37 bits per heavy atom. The Balaban J connectivity index is 2.19. The van der Waals surface area contributed by atoms with E-state index in [9.17, 15) is 14.4 Å². The lowest BCUT2D eigenvalue weighted by atomic mass is 9.73. The molecule has 2 unspecified atom stereocenters. The number of anilines is 1. The van der Waals surface area contributed by atoms with Gasteiger partial charge in [0.15, 0.2) is 0 Å². The molecule has 0 aliphatic heterocycles. The lowest BCUT2D eigenvalue weighted by Gasteiger charge is -2.31. The molecule has 1 fully saturated rings. The van der Waals surface area contributed by atoms with Gasteiger partial charge in [-0.25, -0.2) is 0 Å². The monoisotopic (exact) mass is 264 g/mol. The predicted molar refractivity (Wildman–Crippen MR) is 68.9 cm³/mol. The highest BCUT2D eigenvalue weighted by Gasteiger charge is 2.41. The number of pyridine rings is 1. The van der Waals surface area contributed by atoms with Gasteiger partial charge >= 0.3 is 5.97 Å². The van der Waals surface area contributed by atoms with Gasteiger partial charge in [-0.2, -0.15) is 0 Å². The molecule has 1 aromatic heterocycles. The summed E-state index contributed by atoms with van der Waals surface area (Å²) >= 11 is 0. The van der Waals surface area contributed by atoms with Crippen LogP contribution in [0, 0.1) is 18.8 Å². The fraction of sp³-hybridized carbons (Fsp3) is 0.462. The van der Waals surface area contributed by atoms with Gasteiger partial charge in [0.1, 0.15) is 5.69 Å². The molecule has 102 valence electrons. The SMILES string of the molecule is Cc1ccn(C)c(=O)c1NC(=O)C1CCC1C(=O)O. The Morgan fingerprint density at radius 3 is 2.53 bits per heavy atom. The number of carbonyl (C=O) groups is 2. The number of carboxylic acids is 1. The molecule has 6 nitrogen and oxygen atoms in total. The van der Waals surface area contributed by atoms with Crippen molar-refractivity contribution < 1.29 is 14.7 Å². The summed E-state index contributed by atoms with van der Waals surface area (Å²) in [6, 6.07) is 1.73. The Hall–Kier alpha value is -2.11. The maximum absolute atomic E-state index is 12.0. The number of aryl methyl sites for hydroxylation is 2. The van der Waals surface area contributed by atoms with Crippen LogP contribution in [0.5, 0.6) is 0 Å². The summed E-state index contributed by atoms with van der Waals surface area (Å²) in [4.78, 5) is 34.8. The van der Waals surface area contributed by atoms with E-state index in [2.05, 4.69) is 5.32 Å². The second-order valence-corrected chi connectivity index (χ2v) is 4.91. The second-order valence-electron chi connectivity index (χ2n) is 4.91. The summed E-state index contributed by atoms with van der Waals surface area (Å²) in [5.74, 6) is -2.51. The standard InChI is InChI=1S/C13H16N2O4/c1-7-5-6-15(2)12(17)10(7)14-11(16)8-3-4-9(8)13(18)19/h5-6,8-9H,3-4H2,1-2H3,(H,14,16)(H,18,19). The molecule has 0 saturated heterocycles. The maximum Gasteiger partial charge on any atom is 0.307 e. The number of nitrogens with zero attached hydrogens (tertiary/aromatic N) is 1. The van der Waals surface area contributed by atoms with E-state index in [0.717, 1.165) is 0 Å². The fourth-order valence-corrected chi connectivity index (χ4v) is 2.20. The molecule has 2 rings (SSSR count). The molecule has 1 amide bonds. The van der Waals surface area contributed by atoms with E-state index in [1.807, 2.05) is 0 Å². The van der Waals surface area contributed by atoms with Crippen LogP contribution >= 0.6 is 0 Å². The number of aliphatic carboxylic acids is 1. The van der Waals surface area contributed by atoms with E-state index in [4.69, 9.17) is 5.11 Å². The van der Waals surface area contributed by atoms with E-state index < -0.39 is 17.8 Å². The first-order valence-electron chi connectivity index (χ1n) is 6.11. The number of carbonyl (C=O) groups excluding carboxylic acids is 1. The third-order valence-electron chi connectivity index (χ3n) is 3.65. The number of hydrogen-bond donors (Lipinski definition) is 2. The van der Waals surface area contributed by atoms with Crippen LogP contribution in [0.4, 0.5) is 5.69 Å². The summed E-state index contributed by atoms with van der Waals surface area (Å²) in [5.41, 5.74) is 0.605. The van der Waals surface area contributed by atoms with Crippen molar-refractivity contribution >= 4 is 17.6 Å². The lowest BCUT2D eigenvalue weighted by Crippen LogP contribution is -2.42. The summed E-state index contributed by atoms with van der Waals surface area (Å²) in [6.07, 6.45) is 2.69. The van der Waals surface area contributed by atoms with Crippen LogP contribution in [0.15, 0.2) is 17.1 Å². The van der Waals surface area contributed by atoms with Crippen LogP contribution in [-0.2, 0) is 16.6 Å². The predicted octanol–water partition coefficient (Wildman–Crippen LogP) is 0.743. The molecule has 2 atom stereocenters. The number of amides is 1. The fourth-order valence-electron chi connectivity index (χ4n) is 2.20. The first kappa shape index (κ1) is 13.3. The Morgan fingerprint density at radius 2 is 2.00 bits per heavy atom. The van der Waals surface area contributed by atoms with Crippen LogP contribution < -0.4 is 10.9 Å². The van der Waals surface area contributed by atoms with E-state index in [1.54, 1.807) is 26.2 Å². The van der Waals surface area contributed by atoms with Gasteiger partial charge in [0.25, 0.3) is 5.56 Å². The van der Waals surface area contributed by atoms with Gasteiger partial charge in [0, 0.05) is 13.2 Å². The third kappa shape index (κ3) is 2.38. The summed E-state index contributed by atoms with van der Waals surface area (Å²) in [5, 5.41) is 11.5. The Bertz CT molecular complexity index is 591. The first-order valence-corrected chi connectivity index (χ1v) is 6.11. The van der Waals surface area contributed by atoms with Crippen LogP contribution in [-0.4, -0.2) is 21.6 Å². The van der Waals surface area contributed by atoms with Crippen molar-refractivity contribution in [2.75, 3.05) is 5.32 Å². The summed E-state index contributed by atoms with van der Waals surface area (Å²) in [7, 11) is 1.60. The van der Waals surface area contributed by atoms with Crippen LogP contribution in [0.25, 0.3) is 0 Å². The molecule has 2 N–H and O–H groups in total. The smallest absolute Gasteiger partial charge is 0.307 e. The molecule has 0 bridgehead atoms. The normalized spacial score (nSPS) is 21.6. The van der Waals surface area contributed by atoms with Crippen molar-refractivity contribution in [3.8, 4) is 0 Å². The molecule has 1 aromatic rings. The zero-order valence-corrected chi connectivity index (χ0v) is 10.8. The molecule has 1 aliphatic carbocycles. The summed E-state index contributed by atoms with van der Waals surface area (Å²) < 4.78 is 1.37. The molecular weight excluding hydrogens is 248 g/mol. The number of rotatable bonds is 3. The minimum atomic E-state index is -0.955. The van der Waals surface area contributed by atoms with Crippen LogP contribution in [0.3, 0.4) is 0 Å². The average molecular weight is 264 g/mol. The Kier molecular flexibility index (Phi) is 3.42. The number of hydrogen-bond acceptors (Lipinski definition) is 3. The molecule has 1 aliphatic rings. The number of carboxylic acid groups (broad SMARTS) is 1. The number of nitrogens with one attached hydrogen (secondary N) is 1. The molecule has 19 heavy (non-hydrogen) atoms. The van der Waals surface area contributed by atoms with Crippen molar-refractivity contribution in [3.63, 3.8) is 0 Å². The Labute approximate surface area is 110 Å².